The Labute approximate surface area is 174 Å². The predicted molar refractivity (Wildman–Crippen MR) is 111 cm³/mol. The van der Waals surface area contributed by atoms with Crippen LogP contribution in [0.2, 0.25) is 5.02 Å². The lowest BCUT2D eigenvalue weighted by molar-refractivity contribution is -0.142. The molecule has 0 aliphatic rings. The van der Waals surface area contributed by atoms with E-state index in [9.17, 15) is 9.90 Å². The Morgan fingerprint density at radius 3 is 2.52 bits per heavy atom. The minimum atomic E-state index is -0.844. The number of nitrogens with zero attached hydrogens (tertiary/aromatic N) is 2. The zero-order valence-corrected chi connectivity index (χ0v) is 17.3. The molecule has 0 amide bonds. The van der Waals surface area contributed by atoms with Crippen molar-refractivity contribution in [2.75, 3.05) is 14.1 Å². The summed E-state index contributed by atoms with van der Waals surface area (Å²) in [6.45, 7) is 1.87. The van der Waals surface area contributed by atoms with Gasteiger partial charge in [-0.15, -0.1) is 0 Å². The molecule has 0 spiro atoms. The van der Waals surface area contributed by atoms with E-state index in [1.165, 1.54) is 0 Å². The summed E-state index contributed by atoms with van der Waals surface area (Å²) in [4.78, 5) is 13.0. The number of hydrogen-bond acceptors (Lipinski definition) is 5. The lowest BCUT2D eigenvalue weighted by atomic mass is 10.1. The topological polar surface area (TPSA) is 75.8 Å². The summed E-state index contributed by atoms with van der Waals surface area (Å²) in [6.07, 6.45) is 0.0692. The normalized spacial score (nSPS) is 13.3. The Bertz CT molecular complexity index is 969. The molecule has 6 nitrogen and oxygen atoms in total. The molecule has 2 aromatic carbocycles. The highest BCUT2D eigenvalue weighted by molar-refractivity contribution is 6.33. The van der Waals surface area contributed by atoms with Crippen molar-refractivity contribution in [3.63, 3.8) is 0 Å². The second-order valence-electron chi connectivity index (χ2n) is 7.02. The first kappa shape index (κ1) is 20.9. The van der Waals surface area contributed by atoms with Crippen LogP contribution in [0, 0.1) is 0 Å². The van der Waals surface area contributed by atoms with E-state index in [0.717, 1.165) is 11.1 Å². The number of carboxylic acid groups (broad SMARTS) is 1. The Hall–Kier alpha value is -2.83. The molecule has 0 saturated carbocycles. The van der Waals surface area contributed by atoms with Gasteiger partial charge in [-0.3, -0.25) is 9.69 Å². The second-order valence-corrected chi connectivity index (χ2v) is 7.43. The minimum Gasteiger partial charge on any atom is -0.483 e. The quantitative estimate of drug-likeness (QED) is 0.576. The van der Waals surface area contributed by atoms with Gasteiger partial charge in [0.25, 0.3) is 0 Å². The molecule has 2 atom stereocenters. The molecule has 29 heavy (non-hydrogen) atoms. The second kappa shape index (κ2) is 9.11. The number of aromatic nitrogens is 1. The van der Waals surface area contributed by atoms with Crippen LogP contribution < -0.4 is 4.74 Å². The summed E-state index contributed by atoms with van der Waals surface area (Å²) >= 11 is 6.21. The van der Waals surface area contributed by atoms with E-state index in [4.69, 9.17) is 20.9 Å². The predicted octanol–water partition coefficient (Wildman–Crippen LogP) is 4.69. The molecular formula is C22H23ClN2O4. The van der Waals surface area contributed by atoms with Gasteiger partial charge in [0.2, 0.25) is 0 Å². The molecular weight excluding hydrogens is 392 g/mol. The van der Waals surface area contributed by atoms with Gasteiger partial charge in [-0.05, 0) is 51.2 Å². The third kappa shape index (κ3) is 5.16. The third-order valence-corrected chi connectivity index (χ3v) is 4.98. The van der Waals surface area contributed by atoms with Crippen molar-refractivity contribution < 1.29 is 19.2 Å². The molecule has 1 heterocycles. The van der Waals surface area contributed by atoms with Gasteiger partial charge >= 0.3 is 5.97 Å². The van der Waals surface area contributed by atoms with E-state index in [0.29, 0.717) is 28.6 Å². The van der Waals surface area contributed by atoms with Crippen LogP contribution in [0.5, 0.6) is 5.75 Å². The minimum absolute atomic E-state index is 0.349. The molecule has 7 heteroatoms. The number of likely N-dealkylation sites (N-methyl/N-ethyl adjacent to an activating group) is 1. The van der Waals surface area contributed by atoms with Crippen molar-refractivity contribution in [2.45, 2.75) is 25.5 Å². The number of ether oxygens (including phenoxy) is 1. The Balaban J connectivity index is 1.66. The molecule has 3 aromatic rings. The van der Waals surface area contributed by atoms with Crippen molar-refractivity contribution in [2.24, 2.45) is 0 Å². The zero-order chi connectivity index (χ0) is 21.0. The average molecular weight is 415 g/mol. The smallest absolute Gasteiger partial charge is 0.321 e. The van der Waals surface area contributed by atoms with E-state index in [2.05, 4.69) is 5.16 Å². The maximum absolute atomic E-state index is 11.3. The SMILES string of the molecule is C[C@H](Oc1ccc(C[C@@H](C(=O)O)N(C)C)cc1)c1cc(-c2ccccc2Cl)no1. The molecule has 0 saturated heterocycles. The monoisotopic (exact) mass is 414 g/mol. The number of rotatable bonds is 8. The van der Waals surface area contributed by atoms with Crippen LogP contribution in [0.4, 0.5) is 0 Å². The van der Waals surface area contributed by atoms with Crippen LogP contribution in [0.3, 0.4) is 0 Å². The number of halogens is 1. The van der Waals surface area contributed by atoms with E-state index < -0.39 is 12.0 Å². The summed E-state index contributed by atoms with van der Waals surface area (Å²) in [5, 5.41) is 14.0. The summed E-state index contributed by atoms with van der Waals surface area (Å²) in [6, 6.07) is 16.1. The fourth-order valence-electron chi connectivity index (χ4n) is 2.96. The van der Waals surface area contributed by atoms with Crippen LogP contribution in [-0.4, -0.2) is 41.3 Å². The molecule has 1 N–H and O–H groups in total. The number of carboxylic acids is 1. The molecule has 0 unspecified atom stereocenters. The Kier molecular flexibility index (Phi) is 6.56. The zero-order valence-electron chi connectivity index (χ0n) is 16.5. The highest BCUT2D eigenvalue weighted by atomic mass is 35.5. The molecule has 0 aliphatic carbocycles. The first-order chi connectivity index (χ1) is 13.8. The van der Waals surface area contributed by atoms with Crippen LogP contribution in [0.25, 0.3) is 11.3 Å². The van der Waals surface area contributed by atoms with Crippen LogP contribution in [0.15, 0.2) is 59.1 Å². The highest BCUT2D eigenvalue weighted by Gasteiger charge is 2.20. The summed E-state index contributed by atoms with van der Waals surface area (Å²) in [5.74, 6) is 0.403. The molecule has 152 valence electrons. The van der Waals surface area contributed by atoms with Crippen molar-refractivity contribution in [1.82, 2.24) is 10.1 Å². The molecule has 3 rings (SSSR count). The van der Waals surface area contributed by atoms with Gasteiger partial charge in [-0.1, -0.05) is 47.1 Å². The molecule has 0 radical (unpaired) electrons. The van der Waals surface area contributed by atoms with Crippen LogP contribution in [-0.2, 0) is 11.2 Å². The summed E-state index contributed by atoms with van der Waals surface area (Å²) < 4.78 is 11.4. The van der Waals surface area contributed by atoms with Gasteiger partial charge in [-0.2, -0.15) is 0 Å². The van der Waals surface area contributed by atoms with Gasteiger partial charge in [-0.25, -0.2) is 0 Å². The lowest BCUT2D eigenvalue weighted by Crippen LogP contribution is -2.37. The molecule has 0 aliphatic heterocycles. The Morgan fingerprint density at radius 1 is 1.21 bits per heavy atom. The van der Waals surface area contributed by atoms with E-state index in [-0.39, 0.29) is 6.10 Å². The molecule has 0 bridgehead atoms. The maximum atomic E-state index is 11.3. The fraction of sp³-hybridized carbons (Fsp3) is 0.273. The maximum Gasteiger partial charge on any atom is 0.321 e. The van der Waals surface area contributed by atoms with Crippen LogP contribution in [0.1, 0.15) is 24.4 Å². The van der Waals surface area contributed by atoms with Gasteiger partial charge in [0.05, 0.1) is 5.02 Å². The third-order valence-electron chi connectivity index (χ3n) is 4.65. The van der Waals surface area contributed by atoms with Gasteiger partial charge in [0, 0.05) is 11.6 Å². The highest BCUT2D eigenvalue weighted by Crippen LogP contribution is 2.30. The van der Waals surface area contributed by atoms with Crippen molar-refractivity contribution in [3.8, 4) is 17.0 Å². The largest absolute Gasteiger partial charge is 0.483 e. The van der Waals surface area contributed by atoms with E-state index in [1.807, 2.05) is 55.5 Å². The summed E-state index contributed by atoms with van der Waals surface area (Å²) in [5.41, 5.74) is 2.38. The fourth-order valence-corrected chi connectivity index (χ4v) is 3.19. The van der Waals surface area contributed by atoms with Crippen LogP contribution >= 0.6 is 11.6 Å². The van der Waals surface area contributed by atoms with Crippen molar-refractivity contribution >= 4 is 17.6 Å². The first-order valence-electron chi connectivity index (χ1n) is 9.21. The molecule has 0 fully saturated rings. The summed E-state index contributed by atoms with van der Waals surface area (Å²) in [7, 11) is 3.51. The number of aliphatic carboxylic acids is 1. The van der Waals surface area contributed by atoms with Crippen molar-refractivity contribution in [3.05, 3.63) is 70.9 Å². The van der Waals surface area contributed by atoms with E-state index in [1.54, 1.807) is 25.1 Å². The van der Waals surface area contributed by atoms with Gasteiger partial charge in [0.15, 0.2) is 11.9 Å². The standard InChI is InChI=1S/C22H23ClN2O4/c1-14(21-13-19(24-29-21)17-6-4-5-7-18(17)23)28-16-10-8-15(9-11-16)12-20(22(26)27)25(2)3/h4-11,13-14,20H,12H2,1-3H3,(H,26,27)/t14-,20-/m0/s1. The Morgan fingerprint density at radius 2 is 1.90 bits per heavy atom. The average Bonchev–Trinajstić information content (AvgIpc) is 3.17. The lowest BCUT2D eigenvalue weighted by Gasteiger charge is -2.20. The van der Waals surface area contributed by atoms with Crippen molar-refractivity contribution in [1.29, 1.82) is 0 Å². The first-order valence-corrected chi connectivity index (χ1v) is 9.59. The van der Waals surface area contributed by atoms with Gasteiger partial charge < -0.3 is 14.4 Å². The van der Waals surface area contributed by atoms with Gasteiger partial charge in [0.1, 0.15) is 17.5 Å². The number of hydrogen-bond donors (Lipinski definition) is 1. The number of benzene rings is 2. The number of carbonyl (C=O) groups is 1. The molecule has 1 aromatic heterocycles. The van der Waals surface area contributed by atoms with E-state index >= 15 is 0 Å².